The Kier molecular flexibility index (Phi) is 6.22. The normalized spacial score (nSPS) is 12.3. The molecule has 1 aromatic carbocycles. The highest BCUT2D eigenvalue weighted by atomic mass is 16.3. The first-order chi connectivity index (χ1) is 8.63. The molecule has 0 spiro atoms. The third-order valence-electron chi connectivity index (χ3n) is 2.89. The standard InChI is InChI=1S/C14H22N2O2/c1-2-3-4-9-16-13(14(15)18)10-11-5-7-12(17)8-6-11/h5-8,13,16-17H,2-4,9-10H2,1H3,(H2,15,18). The fraction of sp³-hybridized carbons (Fsp3) is 0.500. The van der Waals surface area contributed by atoms with Crippen LogP contribution >= 0.6 is 0 Å². The summed E-state index contributed by atoms with van der Waals surface area (Å²) in [5.41, 5.74) is 6.36. The molecule has 1 amide bonds. The number of amides is 1. The van der Waals surface area contributed by atoms with Crippen LogP contribution in [0.4, 0.5) is 0 Å². The third kappa shape index (κ3) is 5.19. The second-order valence-electron chi connectivity index (χ2n) is 4.49. The number of primary amides is 1. The number of unbranched alkanes of at least 4 members (excludes halogenated alkanes) is 2. The van der Waals surface area contributed by atoms with Gasteiger partial charge in [-0.1, -0.05) is 31.9 Å². The number of benzene rings is 1. The summed E-state index contributed by atoms with van der Waals surface area (Å²) in [6, 6.07) is 6.50. The Morgan fingerprint density at radius 3 is 2.56 bits per heavy atom. The minimum Gasteiger partial charge on any atom is -0.508 e. The molecule has 1 rings (SSSR count). The van der Waals surface area contributed by atoms with E-state index in [1.165, 1.54) is 0 Å². The van der Waals surface area contributed by atoms with Crippen molar-refractivity contribution >= 4 is 5.91 Å². The summed E-state index contributed by atoms with van der Waals surface area (Å²) < 4.78 is 0. The summed E-state index contributed by atoms with van der Waals surface area (Å²) in [5.74, 6) is -0.107. The number of phenols is 1. The SMILES string of the molecule is CCCCCNC(Cc1ccc(O)cc1)C(N)=O. The van der Waals surface area contributed by atoms with E-state index in [1.807, 2.05) is 0 Å². The summed E-state index contributed by atoms with van der Waals surface area (Å²) in [4.78, 5) is 11.3. The van der Waals surface area contributed by atoms with Crippen LogP contribution in [0.25, 0.3) is 0 Å². The van der Waals surface area contributed by atoms with Gasteiger partial charge in [-0.2, -0.15) is 0 Å². The van der Waals surface area contributed by atoms with Crippen molar-refractivity contribution in [2.24, 2.45) is 5.73 Å². The number of aromatic hydroxyl groups is 1. The molecule has 0 saturated heterocycles. The molecule has 0 aromatic heterocycles. The predicted octanol–water partition coefficient (Wildman–Crippen LogP) is 1.57. The van der Waals surface area contributed by atoms with Crippen molar-refractivity contribution < 1.29 is 9.90 Å². The molecule has 0 bridgehead atoms. The number of hydrogen-bond acceptors (Lipinski definition) is 3. The number of carbonyl (C=O) groups is 1. The van der Waals surface area contributed by atoms with Crippen molar-refractivity contribution in [1.29, 1.82) is 0 Å². The lowest BCUT2D eigenvalue weighted by molar-refractivity contribution is -0.120. The van der Waals surface area contributed by atoms with Crippen molar-refractivity contribution in [2.75, 3.05) is 6.54 Å². The Bertz CT molecular complexity index is 363. The number of carbonyl (C=O) groups excluding carboxylic acids is 1. The molecule has 0 heterocycles. The fourth-order valence-corrected chi connectivity index (χ4v) is 1.79. The first kappa shape index (κ1) is 14.5. The Hall–Kier alpha value is -1.55. The topological polar surface area (TPSA) is 75.3 Å². The highest BCUT2D eigenvalue weighted by molar-refractivity contribution is 5.80. The van der Waals surface area contributed by atoms with Gasteiger partial charge in [0.15, 0.2) is 0 Å². The van der Waals surface area contributed by atoms with E-state index in [-0.39, 0.29) is 17.7 Å². The van der Waals surface area contributed by atoms with Crippen LogP contribution in [-0.2, 0) is 11.2 Å². The number of hydrogen-bond donors (Lipinski definition) is 3. The Balaban J connectivity index is 2.47. The van der Waals surface area contributed by atoms with Crippen LogP contribution in [0.1, 0.15) is 31.7 Å². The highest BCUT2D eigenvalue weighted by Gasteiger charge is 2.14. The lowest BCUT2D eigenvalue weighted by atomic mass is 10.1. The molecule has 0 radical (unpaired) electrons. The maximum Gasteiger partial charge on any atom is 0.234 e. The molecule has 4 nitrogen and oxygen atoms in total. The average molecular weight is 250 g/mol. The van der Waals surface area contributed by atoms with E-state index in [9.17, 15) is 9.90 Å². The monoisotopic (exact) mass is 250 g/mol. The van der Waals surface area contributed by atoms with E-state index < -0.39 is 0 Å². The van der Waals surface area contributed by atoms with E-state index in [0.29, 0.717) is 6.42 Å². The van der Waals surface area contributed by atoms with Gasteiger partial charge in [-0.3, -0.25) is 4.79 Å². The van der Waals surface area contributed by atoms with Gasteiger partial charge in [-0.05, 0) is 37.1 Å². The van der Waals surface area contributed by atoms with Crippen LogP contribution in [0, 0.1) is 0 Å². The number of nitrogens with two attached hydrogens (primary N) is 1. The molecule has 1 aromatic rings. The van der Waals surface area contributed by atoms with Gasteiger partial charge in [0, 0.05) is 0 Å². The molecule has 1 unspecified atom stereocenters. The smallest absolute Gasteiger partial charge is 0.234 e. The minimum atomic E-state index is -0.341. The van der Waals surface area contributed by atoms with Crippen molar-refractivity contribution in [3.8, 4) is 5.75 Å². The lowest BCUT2D eigenvalue weighted by Crippen LogP contribution is -2.43. The summed E-state index contributed by atoms with van der Waals surface area (Å²) in [6.07, 6.45) is 3.91. The molecule has 4 heteroatoms. The Morgan fingerprint density at radius 2 is 2.00 bits per heavy atom. The first-order valence-electron chi connectivity index (χ1n) is 6.44. The quantitative estimate of drug-likeness (QED) is 0.613. The van der Waals surface area contributed by atoms with Gasteiger partial charge in [0.1, 0.15) is 5.75 Å². The van der Waals surface area contributed by atoms with Crippen LogP contribution in [0.15, 0.2) is 24.3 Å². The zero-order chi connectivity index (χ0) is 13.4. The van der Waals surface area contributed by atoms with Crippen molar-refractivity contribution in [2.45, 2.75) is 38.6 Å². The number of nitrogens with one attached hydrogen (secondary N) is 1. The summed E-state index contributed by atoms with van der Waals surface area (Å²) in [6.45, 7) is 2.95. The fourth-order valence-electron chi connectivity index (χ4n) is 1.79. The van der Waals surface area contributed by atoms with E-state index in [4.69, 9.17) is 5.73 Å². The van der Waals surface area contributed by atoms with Gasteiger partial charge in [0.05, 0.1) is 6.04 Å². The van der Waals surface area contributed by atoms with Crippen LogP contribution in [-0.4, -0.2) is 23.6 Å². The van der Waals surface area contributed by atoms with Gasteiger partial charge in [-0.25, -0.2) is 0 Å². The van der Waals surface area contributed by atoms with Crippen LogP contribution in [0.2, 0.25) is 0 Å². The van der Waals surface area contributed by atoms with Gasteiger partial charge in [0.2, 0.25) is 5.91 Å². The average Bonchev–Trinajstić information content (AvgIpc) is 2.35. The van der Waals surface area contributed by atoms with Gasteiger partial charge >= 0.3 is 0 Å². The number of rotatable bonds is 8. The van der Waals surface area contributed by atoms with Gasteiger partial charge in [0.25, 0.3) is 0 Å². The van der Waals surface area contributed by atoms with Crippen molar-refractivity contribution in [1.82, 2.24) is 5.32 Å². The number of phenolic OH excluding ortho intramolecular Hbond substituents is 1. The maximum absolute atomic E-state index is 11.3. The Morgan fingerprint density at radius 1 is 1.33 bits per heavy atom. The molecule has 4 N–H and O–H groups in total. The molecular weight excluding hydrogens is 228 g/mol. The van der Waals surface area contributed by atoms with Crippen LogP contribution in [0.5, 0.6) is 5.75 Å². The highest BCUT2D eigenvalue weighted by Crippen LogP contribution is 2.11. The summed E-state index contributed by atoms with van der Waals surface area (Å²) in [5, 5.41) is 12.4. The third-order valence-corrected chi connectivity index (χ3v) is 2.89. The summed E-state index contributed by atoms with van der Waals surface area (Å²) >= 11 is 0. The zero-order valence-electron chi connectivity index (χ0n) is 10.9. The second-order valence-corrected chi connectivity index (χ2v) is 4.49. The molecule has 0 aliphatic carbocycles. The zero-order valence-corrected chi connectivity index (χ0v) is 10.9. The molecular formula is C14H22N2O2. The van der Waals surface area contributed by atoms with E-state index in [2.05, 4.69) is 12.2 Å². The molecule has 1 atom stereocenters. The van der Waals surface area contributed by atoms with Gasteiger partial charge in [-0.15, -0.1) is 0 Å². The molecule has 0 aliphatic heterocycles. The molecule has 100 valence electrons. The molecule has 0 fully saturated rings. The Labute approximate surface area is 108 Å². The van der Waals surface area contributed by atoms with Crippen molar-refractivity contribution in [3.05, 3.63) is 29.8 Å². The van der Waals surface area contributed by atoms with Crippen LogP contribution in [0.3, 0.4) is 0 Å². The molecule has 0 saturated carbocycles. The molecule has 18 heavy (non-hydrogen) atoms. The predicted molar refractivity (Wildman–Crippen MR) is 72.3 cm³/mol. The minimum absolute atomic E-state index is 0.227. The summed E-state index contributed by atoms with van der Waals surface area (Å²) in [7, 11) is 0. The second kappa shape index (κ2) is 7.71. The van der Waals surface area contributed by atoms with E-state index >= 15 is 0 Å². The van der Waals surface area contributed by atoms with E-state index in [0.717, 1.165) is 31.4 Å². The first-order valence-corrected chi connectivity index (χ1v) is 6.44. The maximum atomic E-state index is 11.3. The van der Waals surface area contributed by atoms with Gasteiger partial charge < -0.3 is 16.2 Å². The van der Waals surface area contributed by atoms with E-state index in [1.54, 1.807) is 24.3 Å². The van der Waals surface area contributed by atoms with Crippen molar-refractivity contribution in [3.63, 3.8) is 0 Å². The largest absolute Gasteiger partial charge is 0.508 e. The lowest BCUT2D eigenvalue weighted by Gasteiger charge is -2.15. The molecule has 0 aliphatic rings. The van der Waals surface area contributed by atoms with Crippen LogP contribution < -0.4 is 11.1 Å².